The molecule has 3 saturated carbocycles. The Kier molecular flexibility index (Phi) is 12.5. The molecule has 0 aromatic heterocycles. The second kappa shape index (κ2) is 17.8. The van der Waals surface area contributed by atoms with E-state index in [4.69, 9.17) is 9.47 Å². The van der Waals surface area contributed by atoms with Gasteiger partial charge in [-0.05, 0) is 108 Å². The van der Waals surface area contributed by atoms with Gasteiger partial charge in [0.25, 0.3) is 5.91 Å². The second-order valence-corrected chi connectivity index (χ2v) is 19.7. The van der Waals surface area contributed by atoms with Crippen LogP contribution < -0.4 is 15.4 Å². The molecule has 3 N–H and O–H groups in total. The third kappa shape index (κ3) is 9.58. The van der Waals surface area contributed by atoms with Crippen LogP contribution >= 0.6 is 0 Å². The average Bonchev–Trinajstić information content (AvgIpc) is 4.10. The zero-order valence-corrected chi connectivity index (χ0v) is 34.8. The van der Waals surface area contributed by atoms with E-state index in [1.54, 1.807) is 4.90 Å². The summed E-state index contributed by atoms with van der Waals surface area (Å²) in [7, 11) is -3.91. The number of hydrogen-bond donors (Lipinski definition) is 3. The van der Waals surface area contributed by atoms with Crippen molar-refractivity contribution in [1.29, 1.82) is 0 Å². The molecule has 16 heteroatoms. The van der Waals surface area contributed by atoms with Crippen molar-refractivity contribution in [2.45, 2.75) is 150 Å². The van der Waals surface area contributed by atoms with Crippen LogP contribution in [0.25, 0.3) is 0 Å². The summed E-state index contributed by atoms with van der Waals surface area (Å²) in [5, 5.41) is 5.06. The van der Waals surface area contributed by atoms with Gasteiger partial charge in [0.1, 0.15) is 29.8 Å². The van der Waals surface area contributed by atoms with Gasteiger partial charge in [0.05, 0.1) is 17.8 Å². The predicted molar refractivity (Wildman–Crippen MR) is 217 cm³/mol. The molecule has 7 aliphatic rings. The van der Waals surface area contributed by atoms with Crippen LogP contribution in [0.2, 0.25) is 0 Å². The van der Waals surface area contributed by atoms with Crippen LogP contribution in [-0.4, -0.2) is 121 Å². The summed E-state index contributed by atoms with van der Waals surface area (Å²) in [5.41, 5.74) is 0.771. The first-order valence-corrected chi connectivity index (χ1v) is 23.6. The Hall–Kier alpha value is -4.18. The molecule has 4 heterocycles. The van der Waals surface area contributed by atoms with E-state index in [0.717, 1.165) is 70.0 Å². The number of carbonyl (C=O) groups is 5. The van der Waals surface area contributed by atoms with Crippen LogP contribution in [0.4, 0.5) is 9.59 Å². The molecule has 59 heavy (non-hydrogen) atoms. The summed E-state index contributed by atoms with van der Waals surface area (Å²) >= 11 is 0. The molecule has 6 atom stereocenters. The number of alkyl carbamates (subject to hydrolysis) is 1. The van der Waals surface area contributed by atoms with Crippen LogP contribution in [0, 0.1) is 5.92 Å². The van der Waals surface area contributed by atoms with Crippen molar-refractivity contribution in [2.24, 2.45) is 5.92 Å². The number of allylic oxidation sites excluding steroid dienone is 1. The molecule has 322 valence electrons. The molecule has 0 bridgehead atoms. The van der Waals surface area contributed by atoms with Crippen LogP contribution in [0.3, 0.4) is 0 Å². The van der Waals surface area contributed by atoms with Gasteiger partial charge in [-0.15, -0.1) is 0 Å². The van der Waals surface area contributed by atoms with E-state index in [1.807, 2.05) is 24.3 Å². The number of benzene rings is 1. The second-order valence-electron chi connectivity index (χ2n) is 17.8. The Morgan fingerprint density at radius 3 is 2.39 bits per heavy atom. The number of carbonyl (C=O) groups excluding carboxylic acids is 5. The molecular weight excluding hydrogens is 777 g/mol. The lowest BCUT2D eigenvalue weighted by Gasteiger charge is -2.40. The van der Waals surface area contributed by atoms with Gasteiger partial charge < -0.3 is 29.9 Å². The number of nitrogens with one attached hydrogen (secondary N) is 3. The number of hydrogen-bond acceptors (Lipinski definition) is 10. The molecule has 0 radical (unpaired) electrons. The molecule has 8 rings (SSSR count). The minimum Gasteiger partial charge on any atom is -0.446 e. The van der Waals surface area contributed by atoms with Crippen molar-refractivity contribution in [1.82, 2.24) is 30.1 Å². The normalized spacial score (nSPS) is 31.4. The Balaban J connectivity index is 1.04. The first-order valence-electron chi connectivity index (χ1n) is 22.1. The van der Waals surface area contributed by atoms with Gasteiger partial charge in [-0.2, -0.15) is 0 Å². The van der Waals surface area contributed by atoms with Gasteiger partial charge >= 0.3 is 12.2 Å². The van der Waals surface area contributed by atoms with E-state index in [1.165, 1.54) is 16.9 Å². The highest BCUT2D eigenvalue weighted by atomic mass is 32.2. The van der Waals surface area contributed by atoms with Gasteiger partial charge in [0.2, 0.25) is 21.8 Å². The largest absolute Gasteiger partial charge is 0.446 e. The molecule has 0 spiro atoms. The van der Waals surface area contributed by atoms with E-state index in [-0.39, 0.29) is 31.5 Å². The highest BCUT2D eigenvalue weighted by Crippen LogP contribution is 2.46. The minimum absolute atomic E-state index is 0.0393. The number of rotatable bonds is 8. The summed E-state index contributed by atoms with van der Waals surface area (Å²) < 4.78 is 40.0. The molecular formula is C43H60N6O9S. The Morgan fingerprint density at radius 2 is 1.61 bits per heavy atom. The summed E-state index contributed by atoms with van der Waals surface area (Å²) in [6, 6.07) is 5.79. The number of ether oxygens (including phenoxy) is 2. The predicted octanol–water partition coefficient (Wildman–Crippen LogP) is 4.22. The van der Waals surface area contributed by atoms with E-state index in [0.29, 0.717) is 51.6 Å². The van der Waals surface area contributed by atoms with Gasteiger partial charge in [-0.3, -0.25) is 24.0 Å². The topological polar surface area (TPSA) is 184 Å². The Labute approximate surface area is 347 Å². The standard InChI is InChI=1S/C43H60N6O9S/c50-38-36-25-32(58-42(54)48-24-21-29-13-7-10-17-34(29)37(48)28-47-22-11-4-12-23-47)27-49(36)39(51)35(44-41(53)57-31-15-8-9-16-31)18-6-3-1-2-5-14-30-26-43(30,45-38)40(52)46-59(55,56)33-19-20-33/h5,7,10,13-14,17,30-33,35-37H,1-4,6,8-9,11-12,15-16,18-28H2,(H,44,53)(H,45,50)(H,46,52)/b14-5+/t30-,32-,35+,36?,37-,43-/m1/s1. The van der Waals surface area contributed by atoms with Crippen molar-refractivity contribution in [2.75, 3.05) is 32.7 Å². The van der Waals surface area contributed by atoms with Crippen molar-refractivity contribution in [3.63, 3.8) is 0 Å². The number of piperidine rings is 1. The SMILES string of the molecule is O=C(N[C@H]1CCCCC/C=C/[C@@H]2C[C@@]2(C(=O)NS(=O)(=O)C2CC2)NC(=O)C2C[C@@H](OC(=O)N3CCc4ccccc4[C@H]3CN3CCCCC3)CN2C1=O)OC1CCCC1. The van der Waals surface area contributed by atoms with Crippen molar-refractivity contribution < 1.29 is 41.9 Å². The van der Waals surface area contributed by atoms with Crippen LogP contribution in [0.5, 0.6) is 0 Å². The molecule has 1 unspecified atom stereocenters. The van der Waals surface area contributed by atoms with Gasteiger partial charge in [-0.1, -0.05) is 55.7 Å². The summed E-state index contributed by atoms with van der Waals surface area (Å²) in [4.78, 5) is 76.0. The monoisotopic (exact) mass is 836 g/mol. The minimum atomic E-state index is -3.91. The maximum absolute atomic E-state index is 14.7. The van der Waals surface area contributed by atoms with Crippen molar-refractivity contribution in [3.05, 3.63) is 47.5 Å². The van der Waals surface area contributed by atoms with E-state index in [9.17, 15) is 32.4 Å². The van der Waals surface area contributed by atoms with Crippen LogP contribution in [-0.2, 0) is 40.3 Å². The fourth-order valence-electron chi connectivity index (χ4n) is 9.85. The van der Waals surface area contributed by atoms with Crippen LogP contribution in [0.1, 0.15) is 120 Å². The molecule has 4 aliphatic heterocycles. The third-order valence-electron chi connectivity index (χ3n) is 13.5. The number of sulfonamides is 1. The fraction of sp³-hybridized carbons (Fsp3) is 0.698. The average molecular weight is 837 g/mol. The summed E-state index contributed by atoms with van der Waals surface area (Å²) in [6.07, 6.45) is 13.4. The molecule has 15 nitrogen and oxygen atoms in total. The van der Waals surface area contributed by atoms with Crippen molar-refractivity contribution >= 4 is 39.9 Å². The molecule has 1 aromatic rings. The Morgan fingerprint density at radius 1 is 0.864 bits per heavy atom. The highest BCUT2D eigenvalue weighted by Gasteiger charge is 2.62. The summed E-state index contributed by atoms with van der Waals surface area (Å²) in [6.45, 7) is 2.96. The first kappa shape index (κ1) is 41.5. The number of fused-ring (bicyclic) bond motifs is 3. The molecule has 5 amide bonds. The molecule has 5 fully saturated rings. The molecule has 1 aromatic carbocycles. The summed E-state index contributed by atoms with van der Waals surface area (Å²) in [5.74, 6) is -2.39. The lowest BCUT2D eigenvalue weighted by molar-refractivity contribution is -0.141. The highest BCUT2D eigenvalue weighted by molar-refractivity contribution is 7.91. The lowest BCUT2D eigenvalue weighted by Crippen LogP contribution is -2.58. The molecule has 3 aliphatic carbocycles. The van der Waals surface area contributed by atoms with E-state index >= 15 is 0 Å². The van der Waals surface area contributed by atoms with Gasteiger partial charge in [0.15, 0.2) is 0 Å². The van der Waals surface area contributed by atoms with Crippen molar-refractivity contribution in [3.8, 4) is 0 Å². The maximum atomic E-state index is 14.7. The van der Waals surface area contributed by atoms with E-state index < -0.39 is 74.8 Å². The maximum Gasteiger partial charge on any atom is 0.410 e. The van der Waals surface area contributed by atoms with Gasteiger partial charge in [-0.25, -0.2) is 18.0 Å². The number of amides is 5. The number of likely N-dealkylation sites (tertiary alicyclic amines) is 1. The zero-order valence-electron chi connectivity index (χ0n) is 34.0. The quantitative estimate of drug-likeness (QED) is 0.321. The number of nitrogens with zero attached hydrogens (tertiary/aromatic N) is 3. The Bertz CT molecular complexity index is 1890. The van der Waals surface area contributed by atoms with Crippen LogP contribution in [0.15, 0.2) is 36.4 Å². The lowest BCUT2D eigenvalue weighted by atomic mass is 9.92. The molecule has 2 saturated heterocycles. The first-order chi connectivity index (χ1) is 28.5. The zero-order chi connectivity index (χ0) is 41.1. The smallest absolute Gasteiger partial charge is 0.410 e. The fourth-order valence-corrected chi connectivity index (χ4v) is 11.2. The van der Waals surface area contributed by atoms with Gasteiger partial charge in [0, 0.05) is 25.4 Å². The van der Waals surface area contributed by atoms with E-state index in [2.05, 4.69) is 32.4 Å². The third-order valence-corrected chi connectivity index (χ3v) is 15.3.